The summed E-state index contributed by atoms with van der Waals surface area (Å²) in [4.78, 5) is 32.6. The molecule has 1 aromatic carbocycles. The van der Waals surface area contributed by atoms with E-state index in [1.165, 1.54) is 0 Å². The molecule has 1 aromatic rings. The van der Waals surface area contributed by atoms with Crippen molar-refractivity contribution >= 4 is 23.5 Å². The summed E-state index contributed by atoms with van der Waals surface area (Å²) in [6.45, 7) is 9.94. The predicted molar refractivity (Wildman–Crippen MR) is 131 cm³/mol. The lowest BCUT2D eigenvalue weighted by Gasteiger charge is -2.33. The van der Waals surface area contributed by atoms with Crippen molar-refractivity contribution in [2.45, 2.75) is 46.3 Å². The zero-order valence-electron chi connectivity index (χ0n) is 20.7. The van der Waals surface area contributed by atoms with Crippen LogP contribution in [0, 0.1) is 5.41 Å². The van der Waals surface area contributed by atoms with Gasteiger partial charge in [-0.3, -0.25) is 14.5 Å². The minimum absolute atomic E-state index is 0.0214. The second kappa shape index (κ2) is 11.5. The Labute approximate surface area is 201 Å². The van der Waals surface area contributed by atoms with Crippen LogP contribution in [-0.2, 0) is 20.9 Å². The fourth-order valence-electron chi connectivity index (χ4n) is 3.64. The van der Waals surface area contributed by atoms with E-state index in [4.69, 9.17) is 15.2 Å². The van der Waals surface area contributed by atoms with Gasteiger partial charge in [0, 0.05) is 38.7 Å². The number of nitrogens with two attached hydrogens (primary N) is 1. The van der Waals surface area contributed by atoms with Gasteiger partial charge in [-0.25, -0.2) is 4.99 Å². The van der Waals surface area contributed by atoms with Crippen molar-refractivity contribution in [1.82, 2.24) is 20.4 Å². The standard InChI is InChI=1S/C24H38N6O4/c1-24(2,3)16-34-22(32)15-30-14-17-7-8-18(12-19(17)27-23(30)25)33-11-5-6-21(31)28-20-13-26-9-10-29(20)4/h7-8,12,20,26H,5-6,9-11,13-16H2,1-4H3,(H2,25,27)(H,28,31). The van der Waals surface area contributed by atoms with Crippen molar-refractivity contribution < 1.29 is 19.1 Å². The minimum Gasteiger partial charge on any atom is -0.494 e. The molecule has 0 spiro atoms. The molecule has 3 rings (SSSR count). The lowest BCUT2D eigenvalue weighted by Crippen LogP contribution is -2.57. The molecule has 188 valence electrons. The fourth-order valence-corrected chi connectivity index (χ4v) is 3.64. The maximum atomic E-state index is 12.2. The number of ether oxygens (including phenoxy) is 2. The Hall–Kier alpha value is -2.85. The van der Waals surface area contributed by atoms with Gasteiger partial charge in [0.2, 0.25) is 5.91 Å². The Morgan fingerprint density at radius 3 is 2.85 bits per heavy atom. The third-order valence-electron chi connectivity index (χ3n) is 5.62. The van der Waals surface area contributed by atoms with Crippen LogP contribution in [0.2, 0.25) is 0 Å². The Morgan fingerprint density at radius 1 is 1.32 bits per heavy atom. The molecule has 10 heteroatoms. The van der Waals surface area contributed by atoms with Gasteiger partial charge in [-0.05, 0) is 30.5 Å². The van der Waals surface area contributed by atoms with Crippen LogP contribution in [0.1, 0.15) is 39.2 Å². The summed E-state index contributed by atoms with van der Waals surface area (Å²) in [6, 6.07) is 5.63. The van der Waals surface area contributed by atoms with E-state index in [1.54, 1.807) is 4.90 Å². The monoisotopic (exact) mass is 474 g/mol. The first kappa shape index (κ1) is 25.8. The van der Waals surface area contributed by atoms with Gasteiger partial charge in [-0.1, -0.05) is 26.8 Å². The van der Waals surface area contributed by atoms with Crippen molar-refractivity contribution in [3.8, 4) is 5.75 Å². The number of benzene rings is 1. The number of nitrogens with one attached hydrogen (secondary N) is 2. The Morgan fingerprint density at radius 2 is 2.12 bits per heavy atom. The van der Waals surface area contributed by atoms with Crippen molar-refractivity contribution in [3.05, 3.63) is 23.8 Å². The molecule has 0 saturated carbocycles. The highest BCUT2D eigenvalue weighted by molar-refractivity contribution is 5.87. The quantitative estimate of drug-likeness (QED) is 0.360. The molecule has 1 saturated heterocycles. The van der Waals surface area contributed by atoms with E-state index in [0.717, 1.165) is 30.9 Å². The van der Waals surface area contributed by atoms with E-state index < -0.39 is 0 Å². The summed E-state index contributed by atoms with van der Waals surface area (Å²) in [5.74, 6) is 0.640. The maximum absolute atomic E-state index is 12.2. The number of hydrogen-bond donors (Lipinski definition) is 3. The number of rotatable bonds is 9. The zero-order valence-corrected chi connectivity index (χ0v) is 20.7. The van der Waals surface area contributed by atoms with Crippen LogP contribution >= 0.6 is 0 Å². The summed E-state index contributed by atoms with van der Waals surface area (Å²) < 4.78 is 11.2. The number of aliphatic imine (C=N–C) groups is 1. The first-order valence-corrected chi connectivity index (χ1v) is 11.8. The number of likely N-dealkylation sites (N-methyl/N-ethyl adjacent to an activating group) is 1. The highest BCUT2D eigenvalue weighted by atomic mass is 16.5. The van der Waals surface area contributed by atoms with E-state index in [1.807, 2.05) is 46.0 Å². The van der Waals surface area contributed by atoms with Crippen molar-refractivity contribution in [2.24, 2.45) is 16.1 Å². The van der Waals surface area contributed by atoms with Crippen molar-refractivity contribution in [1.29, 1.82) is 0 Å². The lowest BCUT2D eigenvalue weighted by molar-refractivity contribution is -0.146. The largest absolute Gasteiger partial charge is 0.494 e. The second-order valence-electron chi connectivity index (χ2n) is 10.1. The number of guanidine groups is 1. The molecular weight excluding hydrogens is 436 g/mol. The molecule has 34 heavy (non-hydrogen) atoms. The average Bonchev–Trinajstić information content (AvgIpc) is 2.77. The topological polar surface area (TPSA) is 122 Å². The van der Waals surface area contributed by atoms with Crippen LogP contribution in [0.4, 0.5) is 5.69 Å². The smallest absolute Gasteiger partial charge is 0.325 e. The number of amides is 1. The van der Waals surface area contributed by atoms with Crippen LogP contribution in [0.25, 0.3) is 0 Å². The highest BCUT2D eigenvalue weighted by Gasteiger charge is 2.23. The van der Waals surface area contributed by atoms with Gasteiger partial charge in [-0.15, -0.1) is 0 Å². The fraction of sp³-hybridized carbons (Fsp3) is 0.625. The molecule has 0 aliphatic carbocycles. The minimum atomic E-state index is -0.327. The number of nitrogens with zero attached hydrogens (tertiary/aromatic N) is 3. The van der Waals surface area contributed by atoms with Gasteiger partial charge in [-0.2, -0.15) is 0 Å². The van der Waals surface area contributed by atoms with E-state index in [-0.39, 0.29) is 36.0 Å². The molecule has 0 aromatic heterocycles. The van der Waals surface area contributed by atoms with Crippen LogP contribution in [-0.4, -0.2) is 80.2 Å². The molecular formula is C24H38N6O4. The molecule has 2 heterocycles. The number of carbonyl (C=O) groups excluding carboxylic acids is 2. The van der Waals surface area contributed by atoms with Crippen LogP contribution in [0.3, 0.4) is 0 Å². The number of carbonyl (C=O) groups is 2. The summed E-state index contributed by atoms with van der Waals surface area (Å²) >= 11 is 0. The first-order chi connectivity index (χ1) is 16.1. The van der Waals surface area contributed by atoms with Gasteiger partial charge < -0.3 is 30.7 Å². The van der Waals surface area contributed by atoms with E-state index in [9.17, 15) is 9.59 Å². The van der Waals surface area contributed by atoms with Gasteiger partial charge in [0.1, 0.15) is 12.3 Å². The molecule has 0 radical (unpaired) electrons. The van der Waals surface area contributed by atoms with Gasteiger partial charge in [0.15, 0.2) is 5.96 Å². The number of hydrogen-bond acceptors (Lipinski definition) is 9. The molecule has 1 fully saturated rings. The second-order valence-corrected chi connectivity index (χ2v) is 10.1. The zero-order chi connectivity index (χ0) is 24.7. The molecule has 4 N–H and O–H groups in total. The SMILES string of the molecule is CN1CCNCC1NC(=O)CCCOc1ccc2c(c1)N=C(N)N(CC(=O)OCC(C)(C)C)C2. The molecule has 2 aliphatic heterocycles. The molecule has 1 atom stereocenters. The Kier molecular flexibility index (Phi) is 8.73. The summed E-state index contributed by atoms with van der Waals surface area (Å²) in [5, 5.41) is 6.33. The first-order valence-electron chi connectivity index (χ1n) is 11.8. The Bertz CT molecular complexity index is 898. The van der Waals surface area contributed by atoms with Gasteiger partial charge in [0.25, 0.3) is 0 Å². The number of fused-ring (bicyclic) bond motifs is 1. The predicted octanol–water partition coefficient (Wildman–Crippen LogP) is 1.17. The molecule has 1 amide bonds. The third-order valence-corrected chi connectivity index (χ3v) is 5.62. The van der Waals surface area contributed by atoms with Crippen molar-refractivity contribution in [2.75, 3.05) is 46.4 Å². The van der Waals surface area contributed by atoms with E-state index in [0.29, 0.717) is 38.3 Å². The number of esters is 1. The maximum Gasteiger partial charge on any atom is 0.325 e. The summed E-state index contributed by atoms with van der Waals surface area (Å²) in [6.07, 6.45) is 1.05. The van der Waals surface area contributed by atoms with Crippen molar-refractivity contribution in [3.63, 3.8) is 0 Å². The average molecular weight is 475 g/mol. The summed E-state index contributed by atoms with van der Waals surface area (Å²) in [7, 11) is 2.01. The van der Waals surface area contributed by atoms with Gasteiger partial charge >= 0.3 is 5.97 Å². The highest BCUT2D eigenvalue weighted by Crippen LogP contribution is 2.29. The third kappa shape index (κ3) is 7.88. The Balaban J connectivity index is 1.43. The van der Waals surface area contributed by atoms with Crippen LogP contribution in [0.5, 0.6) is 5.75 Å². The molecule has 0 bridgehead atoms. The van der Waals surface area contributed by atoms with E-state index in [2.05, 4.69) is 20.5 Å². The normalized spacial score (nSPS) is 18.6. The molecule has 1 unspecified atom stereocenters. The molecule has 2 aliphatic rings. The van der Waals surface area contributed by atoms with Crippen LogP contribution in [0.15, 0.2) is 23.2 Å². The molecule has 10 nitrogen and oxygen atoms in total. The lowest BCUT2D eigenvalue weighted by atomic mass is 9.99. The number of piperazine rings is 1. The summed E-state index contributed by atoms with van der Waals surface area (Å²) in [5.41, 5.74) is 7.68. The van der Waals surface area contributed by atoms with Gasteiger partial charge in [0.05, 0.1) is 25.1 Å². The van der Waals surface area contributed by atoms with E-state index >= 15 is 0 Å². The van der Waals surface area contributed by atoms with Crippen LogP contribution < -0.4 is 21.1 Å².